The predicted octanol–water partition coefficient (Wildman–Crippen LogP) is 6.21. The van der Waals surface area contributed by atoms with Gasteiger partial charge in [0.25, 0.3) is 0 Å². The van der Waals surface area contributed by atoms with Gasteiger partial charge in [-0.3, -0.25) is 0 Å². The lowest BCUT2D eigenvalue weighted by Gasteiger charge is -2.47. The van der Waals surface area contributed by atoms with Crippen LogP contribution in [0.25, 0.3) is 0 Å². The molecule has 1 heterocycles. The molecule has 0 nitrogen and oxygen atoms in total. The second-order valence-electron chi connectivity index (χ2n) is 8.96. The minimum atomic E-state index is 0.959. The van der Waals surface area contributed by atoms with Gasteiger partial charge in [0.15, 0.2) is 0 Å². The third-order valence-corrected chi connectivity index (χ3v) is 7.45. The van der Waals surface area contributed by atoms with Gasteiger partial charge in [-0.2, -0.15) is 0 Å². The average molecular weight is 287 g/mol. The van der Waals surface area contributed by atoms with E-state index in [1.54, 1.807) is 0 Å². The van der Waals surface area contributed by atoms with E-state index in [0.717, 1.165) is 41.3 Å². The zero-order chi connectivity index (χ0) is 14.8. The monoisotopic (exact) mass is 287 g/mol. The highest BCUT2D eigenvalue weighted by molar-refractivity contribution is 6.37. The van der Waals surface area contributed by atoms with E-state index in [2.05, 4.69) is 28.1 Å². The van der Waals surface area contributed by atoms with E-state index in [4.69, 9.17) is 0 Å². The molecule has 0 N–H and O–H groups in total. The van der Waals surface area contributed by atoms with E-state index >= 15 is 0 Å². The number of fused-ring (bicyclic) bond motifs is 1. The minimum Gasteiger partial charge on any atom is -0.0799 e. The Balaban J connectivity index is 1.65. The molecule has 5 atom stereocenters. The van der Waals surface area contributed by atoms with Crippen LogP contribution in [0.3, 0.4) is 0 Å². The Hall–Kier alpha value is 0.0649. The molecule has 0 aromatic rings. The molecule has 0 bridgehead atoms. The van der Waals surface area contributed by atoms with E-state index in [1.807, 2.05) is 0 Å². The molecule has 2 saturated carbocycles. The van der Waals surface area contributed by atoms with Gasteiger partial charge in [0, 0.05) is 0 Å². The van der Waals surface area contributed by atoms with Crippen LogP contribution in [-0.4, -0.2) is 7.28 Å². The van der Waals surface area contributed by atoms with E-state index in [1.165, 1.54) is 64.1 Å². The third-order valence-electron chi connectivity index (χ3n) is 7.45. The SMILES string of the molecule is CC1CCC(C2CC3[B]CCCCC(C)C3C[C@H]2C)CC1. The lowest BCUT2D eigenvalue weighted by molar-refractivity contribution is 0.0787. The summed E-state index contributed by atoms with van der Waals surface area (Å²) >= 11 is 0. The number of hydrogen-bond acceptors (Lipinski definition) is 0. The van der Waals surface area contributed by atoms with Crippen molar-refractivity contribution in [3.05, 3.63) is 0 Å². The van der Waals surface area contributed by atoms with Crippen LogP contribution in [0, 0.1) is 35.5 Å². The predicted molar refractivity (Wildman–Crippen MR) is 93.8 cm³/mol. The molecule has 3 rings (SSSR count). The first kappa shape index (κ1) is 15.9. The summed E-state index contributed by atoms with van der Waals surface area (Å²) in [4.78, 5) is 0. The summed E-state index contributed by atoms with van der Waals surface area (Å²) in [7, 11) is 2.75. The summed E-state index contributed by atoms with van der Waals surface area (Å²) in [6, 6.07) is 0. The van der Waals surface area contributed by atoms with Crippen LogP contribution in [0.4, 0.5) is 0 Å². The Bertz CT molecular complexity index is 318. The maximum absolute atomic E-state index is 2.75. The molecule has 0 spiro atoms. The van der Waals surface area contributed by atoms with E-state index in [9.17, 15) is 0 Å². The topological polar surface area (TPSA) is 0 Å². The average Bonchev–Trinajstić information content (AvgIpc) is 2.47. The summed E-state index contributed by atoms with van der Waals surface area (Å²) in [5, 5.41) is 0. The second-order valence-corrected chi connectivity index (χ2v) is 8.96. The molecule has 3 aliphatic rings. The van der Waals surface area contributed by atoms with Crippen molar-refractivity contribution in [2.24, 2.45) is 35.5 Å². The van der Waals surface area contributed by atoms with Crippen molar-refractivity contribution in [3.8, 4) is 0 Å². The van der Waals surface area contributed by atoms with Gasteiger partial charge in [-0.05, 0) is 54.8 Å². The lowest BCUT2D eigenvalue weighted by Crippen LogP contribution is -2.38. The van der Waals surface area contributed by atoms with Crippen LogP contribution < -0.4 is 0 Å². The molecule has 3 fully saturated rings. The molecular formula is C20H36B. The number of rotatable bonds is 1. The fraction of sp³-hybridized carbons (Fsp3) is 1.00. The van der Waals surface area contributed by atoms with Gasteiger partial charge in [0.05, 0.1) is 0 Å². The Morgan fingerprint density at radius 1 is 0.714 bits per heavy atom. The van der Waals surface area contributed by atoms with Crippen LogP contribution in [0.5, 0.6) is 0 Å². The van der Waals surface area contributed by atoms with Crippen molar-refractivity contribution in [2.45, 2.75) is 90.7 Å². The van der Waals surface area contributed by atoms with Gasteiger partial charge in [0.2, 0.25) is 0 Å². The summed E-state index contributed by atoms with van der Waals surface area (Å²) < 4.78 is 0. The van der Waals surface area contributed by atoms with Crippen molar-refractivity contribution in [1.29, 1.82) is 0 Å². The first-order valence-electron chi connectivity index (χ1n) is 9.98. The van der Waals surface area contributed by atoms with Gasteiger partial charge in [-0.25, -0.2) is 0 Å². The highest BCUT2D eigenvalue weighted by Gasteiger charge is 2.41. The zero-order valence-corrected chi connectivity index (χ0v) is 14.7. The van der Waals surface area contributed by atoms with E-state index in [-0.39, 0.29) is 0 Å². The highest BCUT2D eigenvalue weighted by atomic mass is 14.4. The van der Waals surface area contributed by atoms with Crippen LogP contribution in [-0.2, 0) is 0 Å². The number of hydrogen-bond donors (Lipinski definition) is 0. The Morgan fingerprint density at radius 3 is 2.24 bits per heavy atom. The highest BCUT2D eigenvalue weighted by Crippen LogP contribution is 2.51. The first-order chi connectivity index (χ1) is 10.1. The minimum absolute atomic E-state index is 0.959. The maximum atomic E-state index is 2.75. The largest absolute Gasteiger partial charge is 0.114 e. The maximum Gasteiger partial charge on any atom is 0.114 e. The molecule has 2 aliphatic carbocycles. The molecule has 119 valence electrons. The van der Waals surface area contributed by atoms with E-state index < -0.39 is 0 Å². The molecule has 1 aliphatic heterocycles. The Morgan fingerprint density at radius 2 is 1.48 bits per heavy atom. The fourth-order valence-electron chi connectivity index (χ4n) is 5.95. The first-order valence-corrected chi connectivity index (χ1v) is 9.98. The van der Waals surface area contributed by atoms with Crippen LogP contribution in [0.1, 0.15) is 78.6 Å². The van der Waals surface area contributed by atoms with Crippen molar-refractivity contribution >= 4 is 7.28 Å². The molecule has 0 aromatic carbocycles. The van der Waals surface area contributed by atoms with Gasteiger partial charge in [-0.15, -0.1) is 0 Å². The molecule has 1 heteroatoms. The van der Waals surface area contributed by atoms with E-state index in [0.29, 0.717) is 0 Å². The summed E-state index contributed by atoms with van der Waals surface area (Å²) in [6.45, 7) is 7.59. The third kappa shape index (κ3) is 3.70. The molecule has 1 radical (unpaired) electrons. The molecule has 4 unspecified atom stereocenters. The van der Waals surface area contributed by atoms with Crippen LogP contribution >= 0.6 is 0 Å². The van der Waals surface area contributed by atoms with Crippen molar-refractivity contribution in [3.63, 3.8) is 0 Å². The fourth-order valence-corrected chi connectivity index (χ4v) is 5.95. The molecular weight excluding hydrogens is 251 g/mol. The second kappa shape index (κ2) is 7.09. The molecule has 0 aromatic heterocycles. The van der Waals surface area contributed by atoms with Crippen LogP contribution in [0.15, 0.2) is 0 Å². The summed E-state index contributed by atoms with van der Waals surface area (Å²) in [6.07, 6.45) is 14.9. The lowest BCUT2D eigenvalue weighted by atomic mass is 9.45. The van der Waals surface area contributed by atoms with Gasteiger partial charge >= 0.3 is 0 Å². The summed E-state index contributed by atoms with van der Waals surface area (Å²) in [5.74, 6) is 7.04. The Kier molecular flexibility index (Phi) is 5.38. The smallest absolute Gasteiger partial charge is 0.0799 e. The van der Waals surface area contributed by atoms with Crippen molar-refractivity contribution in [2.75, 3.05) is 0 Å². The van der Waals surface area contributed by atoms with Crippen molar-refractivity contribution in [1.82, 2.24) is 0 Å². The molecule has 21 heavy (non-hydrogen) atoms. The van der Waals surface area contributed by atoms with Crippen LogP contribution in [0.2, 0.25) is 12.1 Å². The van der Waals surface area contributed by atoms with Crippen molar-refractivity contribution < 1.29 is 0 Å². The zero-order valence-electron chi connectivity index (χ0n) is 14.7. The quantitative estimate of drug-likeness (QED) is 0.503. The molecule has 0 amide bonds. The normalized spacial score (nSPS) is 48.6. The van der Waals surface area contributed by atoms with Gasteiger partial charge < -0.3 is 0 Å². The van der Waals surface area contributed by atoms with Gasteiger partial charge in [0.1, 0.15) is 7.28 Å². The Labute approximate surface area is 134 Å². The van der Waals surface area contributed by atoms with Gasteiger partial charge in [-0.1, -0.05) is 71.4 Å². The molecule has 1 saturated heterocycles. The standard InChI is InChI=1S/C20H36B/c1-14-7-9-17(10-8-14)18-13-20-19(12-16(18)3)15(2)6-4-5-11-21-20/h14-20H,4-13H2,1-3H3/t14?,15?,16-,17?,18?,19?,20?/m1/s1. The summed E-state index contributed by atoms with van der Waals surface area (Å²) in [5.41, 5.74) is 0.